The van der Waals surface area contributed by atoms with Crippen LogP contribution in [0.2, 0.25) is 0 Å². The van der Waals surface area contributed by atoms with E-state index in [0.717, 1.165) is 30.1 Å². The number of carbonyl (C=O) groups excluding carboxylic acids is 2. The molecule has 0 aliphatic heterocycles. The zero-order chi connectivity index (χ0) is 22.1. The van der Waals surface area contributed by atoms with Gasteiger partial charge in [-0.25, -0.2) is 4.99 Å². The second-order valence-electron chi connectivity index (χ2n) is 7.75. The van der Waals surface area contributed by atoms with Crippen molar-refractivity contribution in [3.8, 4) is 0 Å². The zero-order valence-corrected chi connectivity index (χ0v) is 18.4. The van der Waals surface area contributed by atoms with E-state index in [1.54, 1.807) is 6.08 Å². The van der Waals surface area contributed by atoms with Gasteiger partial charge < -0.3 is 10.2 Å². The number of aliphatic imine (C=N–C) groups is 1. The maximum absolute atomic E-state index is 12.7. The third-order valence-corrected chi connectivity index (χ3v) is 5.45. The van der Waals surface area contributed by atoms with Crippen LogP contribution in [-0.4, -0.2) is 37.5 Å². The highest BCUT2D eigenvalue weighted by molar-refractivity contribution is 6.26. The van der Waals surface area contributed by atoms with Gasteiger partial charge in [0.2, 0.25) is 6.41 Å². The lowest BCUT2D eigenvalue weighted by Gasteiger charge is -2.24. The summed E-state index contributed by atoms with van der Waals surface area (Å²) in [5.41, 5.74) is 4.77. The first kappa shape index (κ1) is 22.5. The first-order valence-electron chi connectivity index (χ1n) is 11.1. The van der Waals surface area contributed by atoms with Crippen LogP contribution in [-0.2, 0) is 4.79 Å². The molecule has 2 aromatic rings. The third-order valence-electron chi connectivity index (χ3n) is 5.45. The first-order chi connectivity index (χ1) is 15.2. The number of anilines is 1. The van der Waals surface area contributed by atoms with Crippen molar-refractivity contribution in [3.63, 3.8) is 0 Å². The van der Waals surface area contributed by atoms with Gasteiger partial charge in [-0.2, -0.15) is 0 Å². The average Bonchev–Trinajstić information content (AvgIpc) is 2.81. The summed E-state index contributed by atoms with van der Waals surface area (Å²) in [6.07, 6.45) is 7.11. The molecule has 162 valence electrons. The number of rotatable bonds is 11. The summed E-state index contributed by atoms with van der Waals surface area (Å²) in [4.78, 5) is 30.7. The Hall–Kier alpha value is -3.21. The number of ketones is 1. The molecule has 1 N–H and O–H groups in total. The highest BCUT2D eigenvalue weighted by Crippen LogP contribution is 2.26. The molecular formula is C26H31N3O2. The van der Waals surface area contributed by atoms with Gasteiger partial charge in [0.15, 0.2) is 5.78 Å². The van der Waals surface area contributed by atoms with E-state index in [2.05, 4.69) is 36.2 Å². The van der Waals surface area contributed by atoms with Crippen LogP contribution in [0.1, 0.15) is 55.5 Å². The van der Waals surface area contributed by atoms with Crippen molar-refractivity contribution in [2.24, 2.45) is 4.99 Å². The molecule has 0 radical (unpaired) electrons. The van der Waals surface area contributed by atoms with Crippen molar-refractivity contribution in [1.82, 2.24) is 5.32 Å². The van der Waals surface area contributed by atoms with Gasteiger partial charge in [-0.15, -0.1) is 0 Å². The van der Waals surface area contributed by atoms with Crippen LogP contribution >= 0.6 is 0 Å². The zero-order valence-electron chi connectivity index (χ0n) is 18.4. The van der Waals surface area contributed by atoms with Crippen LogP contribution in [0.4, 0.5) is 11.4 Å². The molecule has 0 saturated carbocycles. The summed E-state index contributed by atoms with van der Waals surface area (Å²) in [7, 11) is 0. The molecule has 0 atom stereocenters. The van der Waals surface area contributed by atoms with Crippen molar-refractivity contribution in [3.05, 3.63) is 71.3 Å². The molecule has 0 spiro atoms. The molecule has 1 aliphatic rings. The van der Waals surface area contributed by atoms with E-state index >= 15 is 0 Å². The Morgan fingerprint density at radius 2 is 1.58 bits per heavy atom. The maximum atomic E-state index is 12.7. The van der Waals surface area contributed by atoms with Gasteiger partial charge in [-0.3, -0.25) is 9.59 Å². The summed E-state index contributed by atoms with van der Waals surface area (Å²) in [6, 6.07) is 15.8. The topological polar surface area (TPSA) is 61.8 Å². The number of fused-ring (bicyclic) bond motifs is 1. The number of hydrogen-bond donors (Lipinski definition) is 1. The number of amides is 1. The fourth-order valence-electron chi connectivity index (χ4n) is 3.71. The molecule has 0 bridgehead atoms. The van der Waals surface area contributed by atoms with E-state index in [0.29, 0.717) is 17.5 Å². The molecule has 1 amide bonds. The lowest BCUT2D eigenvalue weighted by molar-refractivity contribution is -0.109. The van der Waals surface area contributed by atoms with Crippen molar-refractivity contribution < 1.29 is 9.59 Å². The van der Waals surface area contributed by atoms with E-state index in [4.69, 9.17) is 4.99 Å². The third kappa shape index (κ3) is 5.69. The highest BCUT2D eigenvalue weighted by atomic mass is 16.1. The quantitative estimate of drug-likeness (QED) is 0.519. The van der Waals surface area contributed by atoms with Crippen molar-refractivity contribution >= 4 is 29.3 Å². The molecule has 31 heavy (non-hydrogen) atoms. The Labute approximate surface area is 184 Å². The van der Waals surface area contributed by atoms with E-state index in [-0.39, 0.29) is 12.3 Å². The lowest BCUT2D eigenvalue weighted by atomic mass is 9.89. The van der Waals surface area contributed by atoms with Crippen LogP contribution in [0.3, 0.4) is 0 Å². The van der Waals surface area contributed by atoms with Crippen LogP contribution in [0.5, 0.6) is 0 Å². The Kier molecular flexibility index (Phi) is 8.16. The number of Topliss-reactive ketones (excluding diaryl/α,β-unsaturated/α-hetero) is 1. The second-order valence-corrected chi connectivity index (χ2v) is 7.75. The van der Waals surface area contributed by atoms with Crippen molar-refractivity contribution in [1.29, 1.82) is 0 Å². The van der Waals surface area contributed by atoms with Crippen LogP contribution in [0.25, 0.3) is 0 Å². The minimum Gasteiger partial charge on any atom is -0.372 e. The minimum absolute atomic E-state index is 0.0678. The molecule has 0 saturated heterocycles. The molecular weight excluding hydrogens is 386 g/mol. The Morgan fingerprint density at radius 3 is 2.19 bits per heavy atom. The Morgan fingerprint density at radius 1 is 0.935 bits per heavy atom. The van der Waals surface area contributed by atoms with Gasteiger partial charge in [-0.1, -0.05) is 51.0 Å². The van der Waals surface area contributed by atoms with E-state index in [9.17, 15) is 9.59 Å². The van der Waals surface area contributed by atoms with E-state index in [1.807, 2.05) is 36.4 Å². The normalized spacial score (nSPS) is 14.2. The molecule has 1 aliphatic carbocycles. The minimum atomic E-state index is -0.0678. The number of hydrogen-bond acceptors (Lipinski definition) is 4. The monoisotopic (exact) mass is 417 g/mol. The molecule has 5 heteroatoms. The van der Waals surface area contributed by atoms with Gasteiger partial charge in [0.25, 0.3) is 0 Å². The van der Waals surface area contributed by atoms with E-state index < -0.39 is 0 Å². The molecule has 2 aromatic carbocycles. The SMILES string of the molecule is CCCCN(CCCC)c1ccc(N=C2C=C(CNC=O)C(=O)c3ccccc32)cc1. The number of benzene rings is 2. The van der Waals surface area contributed by atoms with Crippen molar-refractivity contribution in [2.45, 2.75) is 39.5 Å². The summed E-state index contributed by atoms with van der Waals surface area (Å²) in [6.45, 7) is 6.76. The van der Waals surface area contributed by atoms with Gasteiger partial charge >= 0.3 is 0 Å². The molecule has 5 nitrogen and oxygen atoms in total. The van der Waals surface area contributed by atoms with Gasteiger partial charge in [0, 0.05) is 42.0 Å². The van der Waals surface area contributed by atoms with Gasteiger partial charge in [0.1, 0.15) is 0 Å². The van der Waals surface area contributed by atoms with Crippen molar-refractivity contribution in [2.75, 3.05) is 24.5 Å². The number of carbonyl (C=O) groups is 2. The van der Waals surface area contributed by atoms with Gasteiger partial charge in [-0.05, 0) is 43.2 Å². The van der Waals surface area contributed by atoms with Gasteiger partial charge in [0.05, 0.1) is 11.4 Å². The summed E-state index contributed by atoms with van der Waals surface area (Å²) in [5, 5.41) is 2.59. The summed E-state index contributed by atoms with van der Waals surface area (Å²) >= 11 is 0. The standard InChI is InChI=1S/C26H31N3O2/c1-3-5-15-29(16-6-4-2)22-13-11-21(12-14-22)28-25-17-20(18-27-19-30)26(31)24-10-8-7-9-23(24)25/h7-14,17,19H,3-6,15-16,18H2,1-2H3,(H,27,30). The molecule has 3 rings (SSSR count). The predicted molar refractivity (Wildman–Crippen MR) is 128 cm³/mol. The van der Waals surface area contributed by atoms with Crippen LogP contribution < -0.4 is 10.2 Å². The highest BCUT2D eigenvalue weighted by Gasteiger charge is 2.23. The largest absolute Gasteiger partial charge is 0.372 e. The second kappa shape index (κ2) is 11.3. The molecule has 0 aromatic heterocycles. The number of allylic oxidation sites excluding steroid dienone is 1. The number of nitrogens with zero attached hydrogens (tertiary/aromatic N) is 2. The average molecular weight is 418 g/mol. The fraction of sp³-hybridized carbons (Fsp3) is 0.346. The number of unbranched alkanes of at least 4 members (excludes halogenated alkanes) is 2. The smallest absolute Gasteiger partial charge is 0.207 e. The summed E-state index contributed by atoms with van der Waals surface area (Å²) < 4.78 is 0. The van der Waals surface area contributed by atoms with Crippen LogP contribution in [0, 0.1) is 0 Å². The molecule has 0 heterocycles. The van der Waals surface area contributed by atoms with E-state index in [1.165, 1.54) is 31.4 Å². The predicted octanol–water partition coefficient (Wildman–Crippen LogP) is 5.08. The number of nitrogens with one attached hydrogen (secondary N) is 1. The fourth-order valence-corrected chi connectivity index (χ4v) is 3.71. The maximum Gasteiger partial charge on any atom is 0.207 e. The van der Waals surface area contributed by atoms with Crippen LogP contribution in [0.15, 0.2) is 65.2 Å². The summed E-state index contributed by atoms with van der Waals surface area (Å²) in [5.74, 6) is -0.0678. The molecule has 0 fully saturated rings. The first-order valence-corrected chi connectivity index (χ1v) is 11.1. The Balaban J connectivity index is 1.89. The lowest BCUT2D eigenvalue weighted by Crippen LogP contribution is -2.25. The molecule has 0 unspecified atom stereocenters. The Bertz CT molecular complexity index is 953.